The monoisotopic (exact) mass is 990 g/mol. The summed E-state index contributed by atoms with van der Waals surface area (Å²) in [6.07, 6.45) is 59.1. The molecule has 0 saturated carbocycles. The Morgan fingerprint density at radius 3 is 1.24 bits per heavy atom. The number of ether oxygens (including phenoxy) is 2. The van der Waals surface area contributed by atoms with Gasteiger partial charge in [0, 0.05) is 6.42 Å². The van der Waals surface area contributed by atoms with Crippen LogP contribution in [0.3, 0.4) is 0 Å². The van der Waals surface area contributed by atoms with Gasteiger partial charge in [-0.2, -0.15) is 0 Å². The zero-order chi connectivity index (χ0) is 50.8. The summed E-state index contributed by atoms with van der Waals surface area (Å²) in [4.78, 5) is 13.1. The topological polar surface area (TPSA) is 149 Å². The minimum atomic E-state index is -1.55. The van der Waals surface area contributed by atoms with E-state index in [1.54, 1.807) is 0 Å². The van der Waals surface area contributed by atoms with Gasteiger partial charge in [-0.05, 0) is 51.4 Å². The van der Waals surface area contributed by atoms with Crippen LogP contribution in [-0.4, -0.2) is 87.5 Å². The molecule has 0 aromatic heterocycles. The number of hydrogen-bond acceptors (Lipinski definition) is 8. The minimum absolute atomic E-state index is 0.135. The average molecular weight is 991 g/mol. The molecule has 0 aromatic rings. The molecule has 1 amide bonds. The Balaban J connectivity index is 2.06. The van der Waals surface area contributed by atoms with Crippen molar-refractivity contribution in [3.8, 4) is 0 Å². The Bertz CT molecular complexity index is 1190. The molecule has 7 unspecified atom stereocenters. The summed E-state index contributed by atoms with van der Waals surface area (Å²) >= 11 is 0. The van der Waals surface area contributed by atoms with Crippen LogP contribution in [0.1, 0.15) is 290 Å². The van der Waals surface area contributed by atoms with Gasteiger partial charge in [0.2, 0.25) is 5.91 Å². The second-order valence-corrected chi connectivity index (χ2v) is 21.1. The maximum atomic E-state index is 13.1. The fourth-order valence-corrected chi connectivity index (χ4v) is 9.70. The molecule has 1 aliphatic heterocycles. The third kappa shape index (κ3) is 39.9. The highest BCUT2D eigenvalue weighted by Gasteiger charge is 2.44. The molecule has 7 atom stereocenters. The van der Waals surface area contributed by atoms with E-state index in [4.69, 9.17) is 9.47 Å². The van der Waals surface area contributed by atoms with E-state index in [0.29, 0.717) is 12.8 Å². The highest BCUT2D eigenvalue weighted by molar-refractivity contribution is 5.76. The summed E-state index contributed by atoms with van der Waals surface area (Å²) in [6, 6.07) is -0.716. The summed E-state index contributed by atoms with van der Waals surface area (Å²) in [5.74, 6) is -0.141. The Morgan fingerprint density at radius 1 is 0.486 bits per heavy atom. The summed E-state index contributed by atoms with van der Waals surface area (Å²) in [5.41, 5.74) is 0. The van der Waals surface area contributed by atoms with Crippen LogP contribution in [0.4, 0.5) is 0 Å². The lowest BCUT2D eigenvalue weighted by Crippen LogP contribution is -2.60. The number of hydrogen-bond donors (Lipinski definition) is 6. The largest absolute Gasteiger partial charge is 0.394 e. The molecule has 0 aliphatic carbocycles. The van der Waals surface area contributed by atoms with E-state index < -0.39 is 49.5 Å². The van der Waals surface area contributed by atoms with E-state index in [0.717, 1.165) is 51.4 Å². The van der Waals surface area contributed by atoms with E-state index in [1.165, 1.54) is 212 Å². The SMILES string of the molecule is CCCCCCC/C=C\C/C=C\C/C=C\CCCCCCCCCCCCCCCCCCCCCCC(=O)NC(COC1OC(CO)C(O)C(O)C1O)C(O)CCCCCCCCCCCCCC. The lowest BCUT2D eigenvalue weighted by Gasteiger charge is -2.40. The zero-order valence-electron chi connectivity index (χ0n) is 45.8. The summed E-state index contributed by atoms with van der Waals surface area (Å²) in [7, 11) is 0. The summed E-state index contributed by atoms with van der Waals surface area (Å²) in [5, 5.41) is 54.5. The molecule has 1 fully saturated rings. The molecular formula is C61H115NO8. The maximum Gasteiger partial charge on any atom is 0.220 e. The van der Waals surface area contributed by atoms with Gasteiger partial charge < -0.3 is 40.3 Å². The number of aliphatic hydroxyl groups is 5. The van der Waals surface area contributed by atoms with Crippen LogP contribution in [0.5, 0.6) is 0 Å². The number of carbonyl (C=O) groups excluding carboxylic acids is 1. The van der Waals surface area contributed by atoms with E-state index in [-0.39, 0.29) is 12.5 Å². The maximum absolute atomic E-state index is 13.1. The molecule has 9 heteroatoms. The molecule has 1 heterocycles. The van der Waals surface area contributed by atoms with E-state index in [1.807, 2.05) is 0 Å². The van der Waals surface area contributed by atoms with Gasteiger partial charge in [0.15, 0.2) is 6.29 Å². The molecule has 6 N–H and O–H groups in total. The molecule has 9 nitrogen and oxygen atoms in total. The predicted octanol–water partition coefficient (Wildman–Crippen LogP) is 15.1. The van der Waals surface area contributed by atoms with Gasteiger partial charge >= 0.3 is 0 Å². The van der Waals surface area contributed by atoms with Gasteiger partial charge in [-0.1, -0.05) is 269 Å². The molecule has 0 aromatic carbocycles. The lowest BCUT2D eigenvalue weighted by molar-refractivity contribution is -0.302. The van der Waals surface area contributed by atoms with Crippen LogP contribution >= 0.6 is 0 Å². The smallest absolute Gasteiger partial charge is 0.220 e. The van der Waals surface area contributed by atoms with Crippen molar-refractivity contribution >= 4 is 5.91 Å². The number of rotatable bonds is 52. The fraction of sp³-hybridized carbons (Fsp3) is 0.885. The molecule has 1 aliphatic rings. The third-order valence-corrected chi connectivity index (χ3v) is 14.5. The molecule has 0 spiro atoms. The fourth-order valence-electron chi connectivity index (χ4n) is 9.70. The molecule has 1 rings (SSSR count). The number of amides is 1. The van der Waals surface area contributed by atoms with E-state index in [9.17, 15) is 30.3 Å². The molecule has 0 radical (unpaired) electrons. The Kier molecular flexibility index (Phi) is 48.3. The lowest BCUT2D eigenvalue weighted by atomic mass is 9.99. The molecule has 1 saturated heterocycles. The highest BCUT2D eigenvalue weighted by atomic mass is 16.7. The number of allylic oxidation sites excluding steroid dienone is 6. The first kappa shape index (κ1) is 66.4. The number of aliphatic hydroxyl groups excluding tert-OH is 5. The second-order valence-electron chi connectivity index (χ2n) is 21.1. The highest BCUT2D eigenvalue weighted by Crippen LogP contribution is 2.23. The summed E-state index contributed by atoms with van der Waals surface area (Å²) in [6.45, 7) is 3.84. The predicted molar refractivity (Wildman–Crippen MR) is 295 cm³/mol. The van der Waals surface area contributed by atoms with Crippen molar-refractivity contribution in [3.63, 3.8) is 0 Å². The molecular weight excluding hydrogens is 875 g/mol. The molecule has 0 bridgehead atoms. The van der Waals surface area contributed by atoms with Gasteiger partial charge in [0.25, 0.3) is 0 Å². The first-order chi connectivity index (χ1) is 34.3. The van der Waals surface area contributed by atoms with Gasteiger partial charge in [-0.3, -0.25) is 4.79 Å². The molecule has 412 valence electrons. The normalized spacial score (nSPS) is 19.6. The van der Waals surface area contributed by atoms with Crippen molar-refractivity contribution in [2.75, 3.05) is 13.2 Å². The average Bonchev–Trinajstić information content (AvgIpc) is 3.36. The first-order valence-electron chi connectivity index (χ1n) is 30.2. The van der Waals surface area contributed by atoms with Crippen molar-refractivity contribution in [1.82, 2.24) is 5.32 Å². The van der Waals surface area contributed by atoms with E-state index in [2.05, 4.69) is 55.6 Å². The van der Waals surface area contributed by atoms with Crippen LogP contribution in [0.2, 0.25) is 0 Å². The quantitative estimate of drug-likeness (QED) is 0.0261. The van der Waals surface area contributed by atoms with Crippen LogP contribution in [0.15, 0.2) is 36.5 Å². The summed E-state index contributed by atoms with van der Waals surface area (Å²) < 4.78 is 11.3. The van der Waals surface area contributed by atoms with Crippen LogP contribution in [0.25, 0.3) is 0 Å². The van der Waals surface area contributed by atoms with Gasteiger partial charge in [-0.25, -0.2) is 0 Å². The standard InChI is InChI=1S/C61H115NO8/c1-3-5-7-9-11-13-15-17-18-19-20-21-22-23-24-25-26-27-28-29-30-31-32-33-34-35-36-37-38-39-41-43-45-47-49-51-57(65)62-54(53-69-61-60(68)59(67)58(66)56(52-63)70-61)55(64)50-48-46-44-42-40-16-14-12-10-8-6-4-2/h15,17,19-20,22-23,54-56,58-61,63-64,66-68H,3-14,16,18,21,24-53H2,1-2H3,(H,62,65)/b17-15-,20-19-,23-22-. The molecule has 70 heavy (non-hydrogen) atoms. The number of carbonyl (C=O) groups is 1. The van der Waals surface area contributed by atoms with Crippen molar-refractivity contribution < 1.29 is 39.8 Å². The number of nitrogens with one attached hydrogen (secondary N) is 1. The third-order valence-electron chi connectivity index (χ3n) is 14.5. The number of unbranched alkanes of at least 4 members (excludes halogenated alkanes) is 36. The second kappa shape index (κ2) is 50.9. The Morgan fingerprint density at radius 2 is 0.843 bits per heavy atom. The minimum Gasteiger partial charge on any atom is -0.394 e. The van der Waals surface area contributed by atoms with Crippen LogP contribution in [-0.2, 0) is 14.3 Å². The zero-order valence-corrected chi connectivity index (χ0v) is 45.8. The van der Waals surface area contributed by atoms with Crippen molar-refractivity contribution in [1.29, 1.82) is 0 Å². The van der Waals surface area contributed by atoms with Crippen molar-refractivity contribution in [2.45, 2.75) is 333 Å². The van der Waals surface area contributed by atoms with Gasteiger partial charge in [0.05, 0.1) is 25.4 Å². The first-order valence-corrected chi connectivity index (χ1v) is 30.2. The Labute approximate surface area is 431 Å². The van der Waals surface area contributed by atoms with Crippen molar-refractivity contribution in [3.05, 3.63) is 36.5 Å². The van der Waals surface area contributed by atoms with Crippen LogP contribution < -0.4 is 5.32 Å². The van der Waals surface area contributed by atoms with E-state index >= 15 is 0 Å². The van der Waals surface area contributed by atoms with Crippen LogP contribution in [0, 0.1) is 0 Å². The van der Waals surface area contributed by atoms with Gasteiger partial charge in [0.1, 0.15) is 24.4 Å². The van der Waals surface area contributed by atoms with Gasteiger partial charge in [-0.15, -0.1) is 0 Å². The van der Waals surface area contributed by atoms with Crippen molar-refractivity contribution in [2.24, 2.45) is 0 Å². The Hall–Kier alpha value is -1.59.